The van der Waals surface area contributed by atoms with Crippen LogP contribution < -0.4 is 11.1 Å². The van der Waals surface area contributed by atoms with Gasteiger partial charge in [0.25, 0.3) is 0 Å². The summed E-state index contributed by atoms with van der Waals surface area (Å²) < 4.78 is 0. The Hall–Kier alpha value is -2.38. The summed E-state index contributed by atoms with van der Waals surface area (Å²) in [6.07, 6.45) is 0.109. The zero-order valence-corrected chi connectivity index (χ0v) is 9.53. The molecule has 0 aliphatic carbocycles. The molecule has 0 fully saturated rings. The lowest BCUT2D eigenvalue weighted by atomic mass is 10.0. The molecule has 0 atom stereocenters. The summed E-state index contributed by atoms with van der Waals surface area (Å²) in [5.41, 5.74) is 5.03. The Bertz CT molecular complexity index is 479. The fourth-order valence-electron chi connectivity index (χ4n) is 1.18. The van der Waals surface area contributed by atoms with Crippen molar-refractivity contribution < 1.29 is 4.79 Å². The van der Waals surface area contributed by atoms with Gasteiger partial charge in [-0.15, -0.1) is 0 Å². The van der Waals surface area contributed by atoms with E-state index in [4.69, 9.17) is 16.3 Å². The Morgan fingerprint density at radius 1 is 1.53 bits per heavy atom. The van der Waals surface area contributed by atoms with Crippen LogP contribution in [0.5, 0.6) is 0 Å². The highest BCUT2D eigenvalue weighted by Gasteiger charge is 2.18. The fourth-order valence-corrected chi connectivity index (χ4v) is 1.18. The Kier molecular flexibility index (Phi) is 3.46. The summed E-state index contributed by atoms with van der Waals surface area (Å²) >= 11 is 0. The molecule has 17 heavy (non-hydrogen) atoms. The van der Waals surface area contributed by atoms with Crippen molar-refractivity contribution in [3.05, 3.63) is 11.4 Å². The molecule has 1 aromatic heterocycles. The Morgan fingerprint density at radius 2 is 2.18 bits per heavy atom. The number of hydrogen-bond donors (Lipinski definition) is 3. The van der Waals surface area contributed by atoms with Crippen LogP contribution >= 0.6 is 0 Å². The summed E-state index contributed by atoms with van der Waals surface area (Å²) in [4.78, 5) is 17.8. The molecule has 7 heteroatoms. The van der Waals surface area contributed by atoms with Gasteiger partial charge in [0.1, 0.15) is 12.1 Å². The Labute approximate surface area is 98.3 Å². The molecule has 0 aliphatic rings. The molecule has 0 radical (unpaired) electrons. The number of aromatic nitrogens is 2. The molecule has 0 unspecified atom stereocenters. The van der Waals surface area contributed by atoms with Gasteiger partial charge in [-0.25, -0.2) is 4.98 Å². The Morgan fingerprint density at radius 3 is 2.59 bits per heavy atom. The van der Waals surface area contributed by atoms with E-state index in [0.29, 0.717) is 0 Å². The molecule has 1 rings (SSSR count). The zero-order chi connectivity index (χ0) is 13.1. The van der Waals surface area contributed by atoms with E-state index >= 15 is 0 Å². The van der Waals surface area contributed by atoms with Crippen molar-refractivity contribution in [3.63, 3.8) is 0 Å². The van der Waals surface area contributed by atoms with Crippen LogP contribution in [0.4, 0.5) is 5.95 Å². The second-order valence-electron chi connectivity index (χ2n) is 4.25. The van der Waals surface area contributed by atoms with E-state index in [1.165, 1.54) is 0 Å². The van der Waals surface area contributed by atoms with E-state index < -0.39 is 5.54 Å². The van der Waals surface area contributed by atoms with Crippen LogP contribution in [-0.4, -0.2) is 21.4 Å². The van der Waals surface area contributed by atoms with Crippen LogP contribution in [0.15, 0.2) is 0 Å². The van der Waals surface area contributed by atoms with Crippen LogP contribution in [0.25, 0.3) is 0 Å². The van der Waals surface area contributed by atoms with Crippen LogP contribution in [0.3, 0.4) is 0 Å². The van der Waals surface area contributed by atoms with Gasteiger partial charge in [-0.1, -0.05) is 0 Å². The molecular formula is C10H12N6O. The number of nitrogens with zero attached hydrogens (tertiary/aromatic N) is 3. The lowest BCUT2D eigenvalue weighted by molar-refractivity contribution is -0.117. The van der Waals surface area contributed by atoms with Crippen LogP contribution in [0.2, 0.25) is 0 Å². The predicted molar refractivity (Wildman–Crippen MR) is 59.5 cm³/mol. The maximum absolute atomic E-state index is 11.5. The molecule has 0 bridgehead atoms. The van der Waals surface area contributed by atoms with Crippen LogP contribution in [0, 0.1) is 22.7 Å². The first-order chi connectivity index (χ1) is 7.85. The molecule has 0 aliphatic heterocycles. The van der Waals surface area contributed by atoms with Crippen molar-refractivity contribution in [2.75, 3.05) is 5.32 Å². The summed E-state index contributed by atoms with van der Waals surface area (Å²) in [7, 11) is 0. The number of H-pyrrole nitrogens is 1. The molecule has 4 N–H and O–H groups in total. The third-order valence-corrected chi connectivity index (χ3v) is 1.80. The van der Waals surface area contributed by atoms with Crippen LogP contribution in [0.1, 0.15) is 31.7 Å². The average Bonchev–Trinajstić information content (AvgIpc) is 2.56. The number of carbonyl (C=O) groups excluding carboxylic acids is 1. The quantitative estimate of drug-likeness (QED) is 0.685. The van der Waals surface area contributed by atoms with Crippen molar-refractivity contribution in [1.82, 2.24) is 9.97 Å². The van der Waals surface area contributed by atoms with Crippen molar-refractivity contribution in [3.8, 4) is 12.1 Å². The van der Waals surface area contributed by atoms with Crippen molar-refractivity contribution >= 4 is 11.9 Å². The number of aromatic amines is 1. The number of anilines is 1. The highest BCUT2D eigenvalue weighted by molar-refractivity contribution is 5.89. The summed E-state index contributed by atoms with van der Waals surface area (Å²) in [5, 5.41) is 19.8. The van der Waals surface area contributed by atoms with E-state index in [2.05, 4.69) is 15.3 Å². The highest BCUT2D eigenvalue weighted by Crippen LogP contribution is 2.10. The minimum Gasteiger partial charge on any atom is -0.325 e. The van der Waals surface area contributed by atoms with Gasteiger partial charge in [-0.2, -0.15) is 10.5 Å². The van der Waals surface area contributed by atoms with Crippen LogP contribution in [-0.2, 0) is 4.79 Å². The van der Waals surface area contributed by atoms with Gasteiger partial charge >= 0.3 is 0 Å². The Balaban J connectivity index is 2.78. The normalized spacial score (nSPS) is 10.4. The molecule has 0 saturated carbocycles. The third kappa shape index (κ3) is 3.59. The average molecular weight is 232 g/mol. The highest BCUT2D eigenvalue weighted by atomic mass is 16.1. The molecule has 0 spiro atoms. The van der Waals surface area contributed by atoms with Gasteiger partial charge in [0, 0.05) is 12.0 Å². The molecule has 0 aromatic carbocycles. The van der Waals surface area contributed by atoms with Gasteiger partial charge < -0.3 is 10.7 Å². The van der Waals surface area contributed by atoms with Gasteiger partial charge in [0.2, 0.25) is 11.9 Å². The molecule has 7 nitrogen and oxygen atoms in total. The van der Waals surface area contributed by atoms with Crippen molar-refractivity contribution in [2.24, 2.45) is 5.73 Å². The standard InChI is InChI=1S/C10H12N6O/c1-10(2,13)3-8(17)16-9-14-6(4-11)7(5-12)15-9/h3,13H2,1-2H3,(H2,14,15,16,17). The molecular weight excluding hydrogens is 220 g/mol. The first kappa shape index (κ1) is 12.7. The summed E-state index contributed by atoms with van der Waals surface area (Å²) in [5.74, 6) is -0.257. The number of nitriles is 2. The van der Waals surface area contributed by atoms with Gasteiger partial charge in [0.05, 0.1) is 0 Å². The summed E-state index contributed by atoms with van der Waals surface area (Å²) in [6, 6.07) is 3.52. The maximum atomic E-state index is 11.5. The zero-order valence-electron chi connectivity index (χ0n) is 9.53. The molecule has 1 amide bonds. The number of carbonyl (C=O) groups is 1. The molecule has 1 heterocycles. The van der Waals surface area contributed by atoms with E-state index in [1.54, 1.807) is 26.0 Å². The van der Waals surface area contributed by atoms with E-state index in [9.17, 15) is 4.79 Å². The molecule has 0 saturated heterocycles. The number of amides is 1. The van der Waals surface area contributed by atoms with Crippen molar-refractivity contribution in [1.29, 1.82) is 10.5 Å². The molecule has 88 valence electrons. The van der Waals surface area contributed by atoms with Crippen molar-refractivity contribution in [2.45, 2.75) is 25.8 Å². The minimum atomic E-state index is -0.632. The van der Waals surface area contributed by atoms with E-state index in [0.717, 1.165) is 0 Å². The summed E-state index contributed by atoms with van der Waals surface area (Å²) in [6.45, 7) is 3.44. The lowest BCUT2D eigenvalue weighted by Gasteiger charge is -2.16. The monoisotopic (exact) mass is 232 g/mol. The number of imidazole rings is 1. The first-order valence-corrected chi connectivity index (χ1v) is 4.84. The lowest BCUT2D eigenvalue weighted by Crippen LogP contribution is -2.36. The topological polar surface area (TPSA) is 131 Å². The SMILES string of the molecule is CC(C)(N)CC(=O)Nc1nc(C#N)c(C#N)[nH]1. The minimum absolute atomic E-state index is 0.0230. The third-order valence-electron chi connectivity index (χ3n) is 1.80. The fraction of sp³-hybridized carbons (Fsp3) is 0.400. The second-order valence-corrected chi connectivity index (χ2v) is 4.25. The predicted octanol–water partition coefficient (Wildman–Crippen LogP) is 0.219. The number of hydrogen-bond acceptors (Lipinski definition) is 5. The van der Waals surface area contributed by atoms with Gasteiger partial charge in [-0.3, -0.25) is 10.1 Å². The first-order valence-electron chi connectivity index (χ1n) is 4.84. The number of rotatable bonds is 3. The maximum Gasteiger partial charge on any atom is 0.228 e. The van der Waals surface area contributed by atoms with Gasteiger partial charge in [0.15, 0.2) is 11.4 Å². The van der Waals surface area contributed by atoms with Gasteiger partial charge in [-0.05, 0) is 13.8 Å². The van der Waals surface area contributed by atoms with E-state index in [1.807, 2.05) is 0 Å². The largest absolute Gasteiger partial charge is 0.325 e. The van der Waals surface area contributed by atoms with E-state index in [-0.39, 0.29) is 29.7 Å². The second kappa shape index (κ2) is 4.64. The number of nitrogens with one attached hydrogen (secondary N) is 2. The molecule has 1 aromatic rings. The smallest absolute Gasteiger partial charge is 0.228 e. The number of nitrogens with two attached hydrogens (primary N) is 1.